The third-order valence-corrected chi connectivity index (χ3v) is 5.51. The lowest BCUT2D eigenvalue weighted by atomic mass is 10.1. The summed E-state index contributed by atoms with van der Waals surface area (Å²) in [6, 6.07) is 9.70. The summed E-state index contributed by atoms with van der Waals surface area (Å²) >= 11 is 1.19. The van der Waals surface area contributed by atoms with Gasteiger partial charge in [0.2, 0.25) is 5.75 Å². The minimum absolute atomic E-state index is 0.115. The van der Waals surface area contributed by atoms with E-state index in [4.69, 9.17) is 14.2 Å². The molecule has 166 valence electrons. The monoisotopic (exact) mass is 454 g/mol. The van der Waals surface area contributed by atoms with Crippen molar-refractivity contribution in [3.8, 4) is 17.2 Å². The van der Waals surface area contributed by atoms with Gasteiger partial charge in [0.25, 0.3) is 5.91 Å². The summed E-state index contributed by atoms with van der Waals surface area (Å²) in [5.41, 5.74) is 1.23. The number of rotatable bonds is 8. The number of carboxylic acid groups (broad SMARTS) is 1. The minimum Gasteiger partial charge on any atom is -0.493 e. The van der Waals surface area contributed by atoms with Crippen molar-refractivity contribution in [2.75, 3.05) is 27.9 Å². The molecule has 0 atom stereocenters. The van der Waals surface area contributed by atoms with Crippen LogP contribution in [-0.2, 0) is 4.79 Å². The Morgan fingerprint density at radius 1 is 1.16 bits per heavy atom. The van der Waals surface area contributed by atoms with Crippen molar-refractivity contribution in [1.29, 1.82) is 0 Å². The van der Waals surface area contributed by atoms with Gasteiger partial charge in [-0.3, -0.25) is 9.69 Å². The molecule has 0 saturated carbocycles. The molecule has 0 aromatic heterocycles. The molecular weight excluding hydrogens is 432 g/mol. The van der Waals surface area contributed by atoms with Gasteiger partial charge in [-0.25, -0.2) is 9.79 Å². The van der Waals surface area contributed by atoms with Crippen molar-refractivity contribution in [3.63, 3.8) is 0 Å². The summed E-state index contributed by atoms with van der Waals surface area (Å²) in [6.45, 7) is 3.97. The van der Waals surface area contributed by atoms with E-state index in [1.807, 2.05) is 0 Å². The van der Waals surface area contributed by atoms with E-state index in [9.17, 15) is 14.7 Å². The number of hydrogen-bond acceptors (Lipinski definition) is 7. The number of benzene rings is 2. The maximum Gasteiger partial charge on any atom is 0.335 e. The predicted molar refractivity (Wildman–Crippen MR) is 124 cm³/mol. The Hall–Kier alpha value is -3.72. The van der Waals surface area contributed by atoms with Crippen LogP contribution in [0, 0.1) is 0 Å². The summed E-state index contributed by atoms with van der Waals surface area (Å²) in [4.78, 5) is 30.7. The molecule has 8 nitrogen and oxygen atoms in total. The lowest BCUT2D eigenvalue weighted by Gasteiger charge is -2.13. The van der Waals surface area contributed by atoms with Gasteiger partial charge in [-0.2, -0.15) is 0 Å². The van der Waals surface area contributed by atoms with Crippen LogP contribution >= 0.6 is 11.8 Å². The summed E-state index contributed by atoms with van der Waals surface area (Å²) in [7, 11) is 4.56. The second-order valence-corrected chi connectivity index (χ2v) is 7.53. The highest BCUT2D eigenvalue weighted by molar-refractivity contribution is 8.18. The van der Waals surface area contributed by atoms with Gasteiger partial charge in [0.1, 0.15) is 0 Å². The number of amides is 1. The molecule has 1 fully saturated rings. The molecule has 0 bridgehead atoms. The van der Waals surface area contributed by atoms with E-state index in [0.717, 1.165) is 0 Å². The Balaban J connectivity index is 2.02. The van der Waals surface area contributed by atoms with Crippen LogP contribution in [0.1, 0.15) is 15.9 Å². The number of amidine groups is 1. The van der Waals surface area contributed by atoms with Crippen LogP contribution in [0.3, 0.4) is 0 Å². The van der Waals surface area contributed by atoms with Gasteiger partial charge in [0.05, 0.1) is 37.5 Å². The largest absolute Gasteiger partial charge is 0.493 e. The second-order valence-electron chi connectivity index (χ2n) is 6.52. The van der Waals surface area contributed by atoms with Crippen LogP contribution in [0.15, 0.2) is 59.0 Å². The van der Waals surface area contributed by atoms with Crippen molar-refractivity contribution in [1.82, 2.24) is 4.90 Å². The number of ether oxygens (including phenoxy) is 3. The predicted octanol–water partition coefficient (Wildman–Crippen LogP) is 4.20. The zero-order valence-electron chi connectivity index (χ0n) is 17.8. The first-order chi connectivity index (χ1) is 15.4. The molecule has 3 rings (SSSR count). The summed E-state index contributed by atoms with van der Waals surface area (Å²) in [5.74, 6) is 0.106. The van der Waals surface area contributed by atoms with Crippen LogP contribution in [0.5, 0.6) is 17.2 Å². The van der Waals surface area contributed by atoms with E-state index in [2.05, 4.69) is 11.6 Å². The zero-order valence-corrected chi connectivity index (χ0v) is 18.6. The highest BCUT2D eigenvalue weighted by atomic mass is 32.2. The maximum atomic E-state index is 13.0. The fraction of sp³-hybridized carbons (Fsp3) is 0.174. The van der Waals surface area contributed by atoms with Crippen LogP contribution in [0.2, 0.25) is 0 Å². The average Bonchev–Trinajstić information content (AvgIpc) is 3.07. The van der Waals surface area contributed by atoms with E-state index >= 15 is 0 Å². The number of nitrogens with zero attached hydrogens (tertiary/aromatic N) is 2. The van der Waals surface area contributed by atoms with E-state index in [0.29, 0.717) is 38.6 Å². The smallest absolute Gasteiger partial charge is 0.335 e. The normalized spacial score (nSPS) is 15.8. The third kappa shape index (κ3) is 4.78. The van der Waals surface area contributed by atoms with Crippen molar-refractivity contribution in [3.05, 3.63) is 65.1 Å². The second kappa shape index (κ2) is 10.1. The standard InChI is InChI=1S/C23H22N2O6S/c1-5-9-25-21(26)19(12-14-10-17(29-2)20(31-4)18(11-14)30-3)32-23(25)24-16-8-6-7-15(13-16)22(27)28/h5-8,10-13H,1,9H2,2-4H3,(H,27,28)/b19-12-,24-23?. The lowest BCUT2D eigenvalue weighted by molar-refractivity contribution is -0.121. The third-order valence-electron chi connectivity index (χ3n) is 4.50. The molecule has 1 N–H and O–H groups in total. The van der Waals surface area contributed by atoms with E-state index in [1.165, 1.54) is 50.1 Å². The maximum absolute atomic E-state index is 13.0. The number of aliphatic imine (C=N–C) groups is 1. The molecule has 32 heavy (non-hydrogen) atoms. The molecule has 2 aromatic carbocycles. The highest BCUT2D eigenvalue weighted by Gasteiger charge is 2.32. The van der Waals surface area contributed by atoms with Gasteiger partial charge in [-0.1, -0.05) is 12.1 Å². The van der Waals surface area contributed by atoms with Gasteiger partial charge >= 0.3 is 5.97 Å². The summed E-state index contributed by atoms with van der Waals surface area (Å²) < 4.78 is 16.1. The van der Waals surface area contributed by atoms with Gasteiger partial charge in [-0.15, -0.1) is 6.58 Å². The summed E-state index contributed by atoms with van der Waals surface area (Å²) in [5, 5.41) is 9.63. The average molecular weight is 455 g/mol. The number of hydrogen-bond donors (Lipinski definition) is 1. The number of aromatic carboxylic acids is 1. The molecule has 1 saturated heterocycles. The van der Waals surface area contributed by atoms with Gasteiger partial charge in [0, 0.05) is 6.54 Å². The molecule has 1 heterocycles. The first-order valence-corrected chi connectivity index (χ1v) is 10.3. The fourth-order valence-electron chi connectivity index (χ4n) is 3.04. The Bertz CT molecular complexity index is 1100. The molecule has 1 aliphatic rings. The van der Waals surface area contributed by atoms with Crippen molar-refractivity contribution in [2.45, 2.75) is 0 Å². The number of carboxylic acids is 1. The van der Waals surface area contributed by atoms with Crippen LogP contribution in [0.25, 0.3) is 6.08 Å². The van der Waals surface area contributed by atoms with E-state index in [1.54, 1.807) is 36.4 Å². The molecule has 2 aromatic rings. The van der Waals surface area contributed by atoms with Crippen LogP contribution in [-0.4, -0.2) is 54.9 Å². The molecule has 9 heteroatoms. The topological polar surface area (TPSA) is 97.7 Å². The van der Waals surface area contributed by atoms with Gasteiger partial charge in [-0.05, 0) is 53.7 Å². The highest BCUT2D eigenvalue weighted by Crippen LogP contribution is 2.40. The van der Waals surface area contributed by atoms with E-state index < -0.39 is 5.97 Å². The van der Waals surface area contributed by atoms with Gasteiger partial charge in [0.15, 0.2) is 16.7 Å². The quantitative estimate of drug-likeness (QED) is 0.472. The van der Waals surface area contributed by atoms with Gasteiger partial charge < -0.3 is 19.3 Å². The lowest BCUT2D eigenvalue weighted by Crippen LogP contribution is -2.29. The Morgan fingerprint density at radius 2 is 1.84 bits per heavy atom. The fourth-order valence-corrected chi connectivity index (χ4v) is 4.04. The summed E-state index contributed by atoms with van der Waals surface area (Å²) in [6.07, 6.45) is 3.31. The molecule has 0 unspecified atom stereocenters. The molecule has 0 radical (unpaired) electrons. The first-order valence-electron chi connectivity index (χ1n) is 9.46. The molecule has 1 aliphatic heterocycles. The van der Waals surface area contributed by atoms with Crippen LogP contribution in [0.4, 0.5) is 5.69 Å². The number of carbonyl (C=O) groups excluding carboxylic acids is 1. The molecule has 0 spiro atoms. The Labute approximate surface area is 189 Å². The van der Waals surface area contributed by atoms with Crippen molar-refractivity contribution < 1.29 is 28.9 Å². The van der Waals surface area contributed by atoms with Crippen LogP contribution < -0.4 is 14.2 Å². The molecule has 1 amide bonds. The van der Waals surface area contributed by atoms with Crippen molar-refractivity contribution >= 4 is 40.6 Å². The number of thioether (sulfide) groups is 1. The number of carbonyl (C=O) groups is 2. The SMILES string of the molecule is C=CCN1C(=O)/C(=C/c2cc(OC)c(OC)c(OC)c2)SC1=Nc1cccc(C(=O)O)c1. The Kier molecular flexibility index (Phi) is 7.21. The van der Waals surface area contributed by atoms with Crippen molar-refractivity contribution in [2.24, 2.45) is 4.99 Å². The number of methoxy groups -OCH3 is 3. The Morgan fingerprint density at radius 3 is 2.41 bits per heavy atom. The van der Waals surface area contributed by atoms with E-state index in [-0.39, 0.29) is 18.0 Å². The zero-order chi connectivity index (χ0) is 23.3. The molecular formula is C23H22N2O6S. The molecule has 0 aliphatic carbocycles. The first kappa shape index (κ1) is 23.0. The minimum atomic E-state index is -1.05.